The number of rotatable bonds is 3. The Balaban J connectivity index is 2.77. The number of ether oxygens (including phenoxy) is 2. The second-order valence-electron chi connectivity index (χ2n) is 3.04. The lowest BCUT2D eigenvalue weighted by molar-refractivity contribution is -0.267. The number of aliphatic hydroxyl groups is 3. The minimum atomic E-state index is -1.32. The van der Waals surface area contributed by atoms with Gasteiger partial charge >= 0.3 is 0 Å². The molecule has 0 aromatic heterocycles. The zero-order chi connectivity index (χ0) is 10.7. The van der Waals surface area contributed by atoms with Crippen LogP contribution in [0.15, 0.2) is 5.18 Å². The van der Waals surface area contributed by atoms with Crippen LogP contribution in [0.1, 0.15) is 0 Å². The monoisotopic (exact) mass is 207 g/mol. The van der Waals surface area contributed by atoms with Gasteiger partial charge in [0.05, 0.1) is 6.61 Å². The Bertz CT molecular complexity index is 185. The summed E-state index contributed by atoms with van der Waals surface area (Å²) in [5.41, 5.74) is 0. The summed E-state index contributed by atoms with van der Waals surface area (Å²) in [7, 11) is 1.28. The minimum Gasteiger partial charge on any atom is -0.394 e. The van der Waals surface area contributed by atoms with Gasteiger partial charge in [0.15, 0.2) is 12.3 Å². The number of nitrogens with zero attached hydrogens (tertiary/aromatic N) is 1. The van der Waals surface area contributed by atoms with E-state index in [0.29, 0.717) is 0 Å². The molecule has 5 atom stereocenters. The van der Waals surface area contributed by atoms with Crippen LogP contribution in [0, 0.1) is 4.91 Å². The minimum absolute atomic E-state index is 0.472. The van der Waals surface area contributed by atoms with E-state index in [1.54, 1.807) is 0 Å². The molecule has 0 radical (unpaired) electrons. The van der Waals surface area contributed by atoms with Crippen LogP contribution in [-0.4, -0.2) is 59.7 Å². The van der Waals surface area contributed by atoms with Crippen molar-refractivity contribution >= 4 is 0 Å². The van der Waals surface area contributed by atoms with Crippen LogP contribution < -0.4 is 0 Å². The largest absolute Gasteiger partial charge is 0.394 e. The molecule has 0 aromatic rings. The van der Waals surface area contributed by atoms with Crippen LogP contribution in [0.3, 0.4) is 0 Å². The molecule has 0 saturated carbocycles. The molecule has 14 heavy (non-hydrogen) atoms. The van der Waals surface area contributed by atoms with Crippen molar-refractivity contribution in [3.8, 4) is 0 Å². The fourth-order valence-electron chi connectivity index (χ4n) is 1.39. The van der Waals surface area contributed by atoms with Crippen molar-refractivity contribution in [2.75, 3.05) is 13.7 Å². The number of nitroso groups, excluding NO2 is 1. The average molecular weight is 207 g/mol. The summed E-state index contributed by atoms with van der Waals surface area (Å²) in [4.78, 5) is 10.3. The number of aliphatic hydroxyl groups excluding tert-OH is 3. The molecule has 0 aromatic carbocycles. The highest BCUT2D eigenvalue weighted by Gasteiger charge is 2.45. The summed E-state index contributed by atoms with van der Waals surface area (Å²) in [6.07, 6.45) is -4.67. The van der Waals surface area contributed by atoms with Gasteiger partial charge in [-0.05, 0) is 0 Å². The Hall–Kier alpha value is -0.600. The fraction of sp³-hybridized carbons (Fsp3) is 1.00. The highest BCUT2D eigenvalue weighted by molar-refractivity contribution is 4.93. The number of hydrogen-bond donors (Lipinski definition) is 3. The Morgan fingerprint density at radius 1 is 1.43 bits per heavy atom. The zero-order valence-electron chi connectivity index (χ0n) is 7.61. The van der Waals surface area contributed by atoms with Gasteiger partial charge in [0.25, 0.3) is 0 Å². The molecule has 0 bridgehead atoms. The van der Waals surface area contributed by atoms with Gasteiger partial charge in [0.1, 0.15) is 18.3 Å². The first-order chi connectivity index (χ1) is 6.65. The van der Waals surface area contributed by atoms with Gasteiger partial charge in [0.2, 0.25) is 0 Å². The maximum Gasteiger partial charge on any atom is 0.185 e. The molecule has 7 nitrogen and oxygen atoms in total. The van der Waals surface area contributed by atoms with Gasteiger partial charge in [0, 0.05) is 7.11 Å². The predicted octanol–water partition coefficient (Wildman–Crippen LogP) is -1.79. The summed E-state index contributed by atoms with van der Waals surface area (Å²) in [5.74, 6) is 0. The third-order valence-corrected chi connectivity index (χ3v) is 2.20. The van der Waals surface area contributed by atoms with Crippen molar-refractivity contribution in [2.24, 2.45) is 5.18 Å². The molecule has 82 valence electrons. The second-order valence-corrected chi connectivity index (χ2v) is 3.04. The second kappa shape index (κ2) is 4.76. The van der Waals surface area contributed by atoms with Crippen molar-refractivity contribution < 1.29 is 24.8 Å². The highest BCUT2D eigenvalue weighted by Crippen LogP contribution is 2.23. The van der Waals surface area contributed by atoms with Crippen molar-refractivity contribution in [3.63, 3.8) is 0 Å². The van der Waals surface area contributed by atoms with E-state index in [9.17, 15) is 15.1 Å². The normalized spacial score (nSPS) is 43.6. The van der Waals surface area contributed by atoms with E-state index in [0.717, 1.165) is 0 Å². The van der Waals surface area contributed by atoms with Gasteiger partial charge in [-0.15, -0.1) is 0 Å². The molecular weight excluding hydrogens is 194 g/mol. The summed E-state index contributed by atoms with van der Waals surface area (Å²) in [6, 6.07) is -1.24. The third kappa shape index (κ3) is 1.91. The first-order valence-corrected chi connectivity index (χ1v) is 4.13. The van der Waals surface area contributed by atoms with Crippen LogP contribution in [0.4, 0.5) is 0 Å². The lowest BCUT2D eigenvalue weighted by Gasteiger charge is -2.38. The van der Waals surface area contributed by atoms with Crippen molar-refractivity contribution in [1.29, 1.82) is 0 Å². The maximum absolute atomic E-state index is 10.3. The van der Waals surface area contributed by atoms with Crippen LogP contribution in [0.5, 0.6) is 0 Å². The molecule has 0 aliphatic carbocycles. The molecule has 7 heteroatoms. The van der Waals surface area contributed by atoms with Crippen LogP contribution in [-0.2, 0) is 9.47 Å². The highest BCUT2D eigenvalue weighted by atomic mass is 16.7. The first kappa shape index (κ1) is 11.5. The van der Waals surface area contributed by atoms with Crippen LogP contribution in [0.2, 0.25) is 0 Å². The predicted molar refractivity (Wildman–Crippen MR) is 44.4 cm³/mol. The van der Waals surface area contributed by atoms with Crippen LogP contribution in [0.25, 0.3) is 0 Å². The topological polar surface area (TPSA) is 109 Å². The lowest BCUT2D eigenvalue weighted by atomic mass is 9.97. The van der Waals surface area contributed by atoms with E-state index in [2.05, 4.69) is 5.18 Å². The molecule has 1 saturated heterocycles. The molecule has 3 N–H and O–H groups in total. The zero-order valence-corrected chi connectivity index (χ0v) is 7.61. The Labute approximate surface area is 80.2 Å². The standard InChI is InChI=1S/C7H13NO6/c1-13-7-6(11)4(8-12)5(10)3(2-9)14-7/h3-7,9-11H,2H2,1H3/t3?,4?,5-,6?,7-/m1/s1. The quantitative estimate of drug-likeness (QED) is 0.471. The molecule has 1 fully saturated rings. The van der Waals surface area contributed by atoms with Gasteiger partial charge in [-0.3, -0.25) is 0 Å². The summed E-state index contributed by atoms with van der Waals surface area (Å²) >= 11 is 0. The van der Waals surface area contributed by atoms with E-state index >= 15 is 0 Å². The molecule has 1 aliphatic heterocycles. The van der Waals surface area contributed by atoms with E-state index in [-0.39, 0.29) is 0 Å². The van der Waals surface area contributed by atoms with Crippen molar-refractivity contribution in [3.05, 3.63) is 4.91 Å². The van der Waals surface area contributed by atoms with Crippen LogP contribution >= 0.6 is 0 Å². The van der Waals surface area contributed by atoms with E-state index < -0.39 is 37.3 Å². The Kier molecular flexibility index (Phi) is 3.90. The Morgan fingerprint density at radius 3 is 2.50 bits per heavy atom. The van der Waals surface area contributed by atoms with Crippen molar-refractivity contribution in [1.82, 2.24) is 0 Å². The summed E-state index contributed by atoms with van der Waals surface area (Å²) < 4.78 is 9.69. The smallest absolute Gasteiger partial charge is 0.185 e. The molecule has 0 amide bonds. The Morgan fingerprint density at radius 2 is 2.07 bits per heavy atom. The number of methoxy groups -OCH3 is 1. The molecule has 0 spiro atoms. The summed E-state index contributed by atoms with van der Waals surface area (Å²) in [6.45, 7) is -0.472. The average Bonchev–Trinajstić information content (AvgIpc) is 2.19. The van der Waals surface area contributed by atoms with Gasteiger partial charge < -0.3 is 24.8 Å². The molecular formula is C7H13NO6. The molecule has 1 aliphatic rings. The fourth-order valence-corrected chi connectivity index (χ4v) is 1.39. The maximum atomic E-state index is 10.3. The molecule has 1 rings (SSSR count). The van der Waals surface area contributed by atoms with E-state index in [1.165, 1.54) is 7.11 Å². The summed E-state index contributed by atoms with van der Waals surface area (Å²) in [5, 5.41) is 30.2. The van der Waals surface area contributed by atoms with Gasteiger partial charge in [-0.2, -0.15) is 4.91 Å². The number of hydrogen-bond acceptors (Lipinski definition) is 7. The van der Waals surface area contributed by atoms with E-state index in [4.69, 9.17) is 14.6 Å². The van der Waals surface area contributed by atoms with Gasteiger partial charge in [-0.1, -0.05) is 5.18 Å². The lowest BCUT2D eigenvalue weighted by Crippen LogP contribution is -2.58. The van der Waals surface area contributed by atoms with Gasteiger partial charge in [-0.25, -0.2) is 0 Å². The van der Waals surface area contributed by atoms with E-state index in [1.807, 2.05) is 0 Å². The third-order valence-electron chi connectivity index (χ3n) is 2.20. The SMILES string of the molecule is CO[C@@H]1OC(CO)[C@@H](O)C(N=O)C1O. The first-order valence-electron chi connectivity index (χ1n) is 4.13. The molecule has 3 unspecified atom stereocenters. The van der Waals surface area contributed by atoms with Crippen molar-refractivity contribution in [2.45, 2.75) is 30.6 Å². The molecule has 1 heterocycles.